The number of carbonyl (C=O) groups is 1. The van der Waals surface area contributed by atoms with Crippen LogP contribution in [0.4, 0.5) is 4.39 Å². The Balaban J connectivity index is 2.09. The maximum absolute atomic E-state index is 13.2. The number of hydrogen-bond donors (Lipinski definition) is 1. The van der Waals surface area contributed by atoms with E-state index in [1.807, 2.05) is 0 Å². The summed E-state index contributed by atoms with van der Waals surface area (Å²) < 4.78 is 19.1. The highest BCUT2D eigenvalue weighted by Crippen LogP contribution is 2.42. The van der Waals surface area contributed by atoms with E-state index in [1.165, 1.54) is 18.2 Å². The molecule has 1 fully saturated rings. The maximum atomic E-state index is 13.2. The zero-order chi connectivity index (χ0) is 14.2. The average molecular weight is 330 g/mol. The summed E-state index contributed by atoms with van der Waals surface area (Å²) in [4.78, 5) is 12.2. The lowest BCUT2D eigenvalue weighted by atomic mass is 9.64. The van der Waals surface area contributed by atoms with E-state index in [0.717, 1.165) is 6.42 Å². The van der Waals surface area contributed by atoms with Gasteiger partial charge in [0.15, 0.2) is 0 Å². The Labute approximate surface area is 120 Å². The monoisotopic (exact) mass is 329 g/mol. The van der Waals surface area contributed by atoms with Gasteiger partial charge in [0.2, 0.25) is 0 Å². The van der Waals surface area contributed by atoms with Gasteiger partial charge in [0.1, 0.15) is 5.82 Å². The van der Waals surface area contributed by atoms with Gasteiger partial charge in [0.05, 0.1) is 11.7 Å². The molecule has 104 valence electrons. The summed E-state index contributed by atoms with van der Waals surface area (Å²) in [6, 6.07) is 4.13. The first-order valence-corrected chi connectivity index (χ1v) is 6.94. The van der Waals surface area contributed by atoms with Gasteiger partial charge in [-0.2, -0.15) is 0 Å². The van der Waals surface area contributed by atoms with Crippen LogP contribution < -0.4 is 5.32 Å². The molecule has 0 radical (unpaired) electrons. The fourth-order valence-corrected chi connectivity index (χ4v) is 2.86. The van der Waals surface area contributed by atoms with Crippen LogP contribution in [0.3, 0.4) is 0 Å². The van der Waals surface area contributed by atoms with Crippen LogP contribution in [0.2, 0.25) is 0 Å². The number of benzene rings is 1. The Hall–Kier alpha value is -0.940. The van der Waals surface area contributed by atoms with Crippen molar-refractivity contribution < 1.29 is 13.9 Å². The Kier molecular flexibility index (Phi) is 3.97. The predicted molar refractivity (Wildman–Crippen MR) is 74.5 cm³/mol. The van der Waals surface area contributed by atoms with Gasteiger partial charge >= 0.3 is 0 Å². The van der Waals surface area contributed by atoms with E-state index in [0.29, 0.717) is 10.0 Å². The highest BCUT2D eigenvalue weighted by molar-refractivity contribution is 9.10. The fraction of sp³-hybridized carbons (Fsp3) is 0.500. The first-order chi connectivity index (χ1) is 8.86. The molecule has 1 aliphatic rings. The molecule has 3 nitrogen and oxygen atoms in total. The van der Waals surface area contributed by atoms with Crippen molar-refractivity contribution in [1.82, 2.24) is 5.32 Å². The van der Waals surface area contributed by atoms with Crippen LogP contribution in [0.25, 0.3) is 0 Å². The third-order valence-electron chi connectivity index (χ3n) is 3.94. The summed E-state index contributed by atoms with van der Waals surface area (Å²) in [5, 5.41) is 2.94. The summed E-state index contributed by atoms with van der Waals surface area (Å²) >= 11 is 3.26. The van der Waals surface area contributed by atoms with E-state index >= 15 is 0 Å². The SMILES string of the molecule is COC1CC(NC(=O)c2cc(F)ccc2Br)C1(C)C. The number of methoxy groups -OCH3 is 1. The summed E-state index contributed by atoms with van der Waals surface area (Å²) in [6.07, 6.45) is 0.927. The first-order valence-electron chi connectivity index (χ1n) is 6.15. The smallest absolute Gasteiger partial charge is 0.252 e. The fourth-order valence-electron chi connectivity index (χ4n) is 2.44. The van der Waals surface area contributed by atoms with Crippen molar-refractivity contribution in [2.24, 2.45) is 5.41 Å². The molecule has 0 spiro atoms. The number of ether oxygens (including phenoxy) is 1. The van der Waals surface area contributed by atoms with Crippen LogP contribution in [0.1, 0.15) is 30.6 Å². The lowest BCUT2D eigenvalue weighted by molar-refractivity contribution is -0.0942. The van der Waals surface area contributed by atoms with Crippen LogP contribution in [-0.4, -0.2) is 25.2 Å². The lowest BCUT2D eigenvalue weighted by Crippen LogP contribution is -2.61. The molecule has 0 heterocycles. The summed E-state index contributed by atoms with van der Waals surface area (Å²) in [5.41, 5.74) is 0.209. The lowest BCUT2D eigenvalue weighted by Gasteiger charge is -2.51. The molecule has 1 N–H and O–H groups in total. The zero-order valence-corrected chi connectivity index (χ0v) is 12.8. The standard InChI is InChI=1S/C14H17BrFNO2/c1-14(2)11(7-12(14)19-3)17-13(18)9-6-8(16)4-5-10(9)15/h4-6,11-12H,7H2,1-3H3,(H,17,18). The molecule has 1 aromatic rings. The van der Waals surface area contributed by atoms with Crippen molar-refractivity contribution in [3.05, 3.63) is 34.1 Å². The van der Waals surface area contributed by atoms with Crippen molar-refractivity contribution in [2.45, 2.75) is 32.4 Å². The minimum Gasteiger partial charge on any atom is -0.381 e. The van der Waals surface area contributed by atoms with Crippen molar-refractivity contribution in [1.29, 1.82) is 0 Å². The predicted octanol–water partition coefficient (Wildman–Crippen LogP) is 3.13. The van der Waals surface area contributed by atoms with Crippen molar-refractivity contribution in [3.8, 4) is 0 Å². The van der Waals surface area contributed by atoms with Gasteiger partial charge in [0, 0.05) is 23.0 Å². The normalized spacial score (nSPS) is 24.7. The minimum atomic E-state index is -0.420. The number of halogens is 2. The Morgan fingerprint density at radius 2 is 2.21 bits per heavy atom. The van der Waals surface area contributed by atoms with E-state index in [1.54, 1.807) is 7.11 Å². The quantitative estimate of drug-likeness (QED) is 0.925. The molecule has 2 unspecified atom stereocenters. The van der Waals surface area contributed by atoms with Crippen molar-refractivity contribution >= 4 is 21.8 Å². The van der Waals surface area contributed by atoms with Crippen LogP contribution in [0, 0.1) is 11.2 Å². The molecule has 0 saturated heterocycles. The second-order valence-corrected chi connectivity index (χ2v) is 6.29. The van der Waals surface area contributed by atoms with E-state index in [2.05, 4.69) is 35.1 Å². The number of carbonyl (C=O) groups excluding carboxylic acids is 1. The third-order valence-corrected chi connectivity index (χ3v) is 4.63. The van der Waals surface area contributed by atoms with E-state index in [9.17, 15) is 9.18 Å². The molecular formula is C14H17BrFNO2. The largest absolute Gasteiger partial charge is 0.381 e. The molecule has 2 rings (SSSR count). The molecule has 2 atom stereocenters. The van der Waals surface area contributed by atoms with Gasteiger partial charge in [-0.1, -0.05) is 13.8 Å². The third kappa shape index (κ3) is 2.67. The van der Waals surface area contributed by atoms with Crippen LogP contribution in [0.5, 0.6) is 0 Å². The summed E-state index contributed by atoms with van der Waals surface area (Å²) in [5.74, 6) is -0.685. The van der Waals surface area contributed by atoms with Crippen LogP contribution in [-0.2, 0) is 4.74 Å². The second-order valence-electron chi connectivity index (χ2n) is 5.43. The molecule has 1 aliphatic carbocycles. The number of hydrogen-bond acceptors (Lipinski definition) is 2. The van der Waals surface area contributed by atoms with Crippen molar-refractivity contribution in [2.75, 3.05) is 7.11 Å². The van der Waals surface area contributed by atoms with E-state index in [-0.39, 0.29) is 23.5 Å². The molecule has 1 amide bonds. The first kappa shape index (κ1) is 14.5. The summed E-state index contributed by atoms with van der Waals surface area (Å²) in [6.45, 7) is 4.10. The minimum absolute atomic E-state index is 0.0418. The van der Waals surface area contributed by atoms with E-state index in [4.69, 9.17) is 4.74 Å². The summed E-state index contributed by atoms with van der Waals surface area (Å²) in [7, 11) is 1.67. The van der Waals surface area contributed by atoms with Gasteiger partial charge in [-0.25, -0.2) is 4.39 Å². The van der Waals surface area contributed by atoms with Gasteiger partial charge in [0.25, 0.3) is 5.91 Å². The molecule has 0 bridgehead atoms. The molecule has 0 aliphatic heterocycles. The van der Waals surface area contributed by atoms with Gasteiger partial charge in [-0.3, -0.25) is 4.79 Å². The molecule has 1 saturated carbocycles. The average Bonchev–Trinajstić information content (AvgIpc) is 2.36. The zero-order valence-electron chi connectivity index (χ0n) is 11.2. The maximum Gasteiger partial charge on any atom is 0.252 e. The molecular weight excluding hydrogens is 313 g/mol. The number of amides is 1. The Morgan fingerprint density at radius 1 is 1.53 bits per heavy atom. The molecule has 1 aromatic carbocycles. The molecule has 0 aromatic heterocycles. The number of rotatable bonds is 3. The van der Waals surface area contributed by atoms with Gasteiger partial charge in [-0.05, 0) is 40.5 Å². The molecule has 19 heavy (non-hydrogen) atoms. The van der Waals surface area contributed by atoms with Gasteiger partial charge in [-0.15, -0.1) is 0 Å². The molecule has 5 heteroatoms. The Bertz CT molecular complexity index is 504. The van der Waals surface area contributed by atoms with E-state index < -0.39 is 5.82 Å². The van der Waals surface area contributed by atoms with Crippen LogP contribution in [0.15, 0.2) is 22.7 Å². The van der Waals surface area contributed by atoms with Gasteiger partial charge < -0.3 is 10.1 Å². The highest BCUT2D eigenvalue weighted by Gasteiger charge is 2.49. The highest BCUT2D eigenvalue weighted by atomic mass is 79.9. The second kappa shape index (κ2) is 5.21. The van der Waals surface area contributed by atoms with Crippen LogP contribution >= 0.6 is 15.9 Å². The van der Waals surface area contributed by atoms with Crippen molar-refractivity contribution in [3.63, 3.8) is 0 Å². The number of nitrogens with one attached hydrogen (secondary N) is 1. The Morgan fingerprint density at radius 3 is 2.79 bits per heavy atom. The topological polar surface area (TPSA) is 38.3 Å².